The van der Waals surface area contributed by atoms with Gasteiger partial charge in [-0.05, 0) is 35.9 Å². The number of hydrazone groups is 1. The first-order valence-electron chi connectivity index (χ1n) is 9.06. The molecule has 0 aliphatic heterocycles. The minimum absolute atomic E-state index is 0.210. The van der Waals surface area contributed by atoms with Gasteiger partial charge in [-0.2, -0.15) is 10.2 Å². The van der Waals surface area contributed by atoms with E-state index in [9.17, 15) is 4.79 Å². The Bertz CT molecular complexity index is 1110. The van der Waals surface area contributed by atoms with Crippen LogP contribution in [0.3, 0.4) is 0 Å². The number of methoxy groups -OCH3 is 3. The fourth-order valence-corrected chi connectivity index (χ4v) is 3.31. The number of carbonyl (C=O) groups is 1. The average molecular weight is 463 g/mol. The molecule has 0 unspecified atom stereocenters. The van der Waals surface area contributed by atoms with Crippen LogP contribution in [0.2, 0.25) is 10.0 Å². The van der Waals surface area contributed by atoms with Crippen LogP contribution in [0.15, 0.2) is 47.7 Å². The van der Waals surface area contributed by atoms with E-state index in [1.165, 1.54) is 27.5 Å². The number of amides is 1. The van der Waals surface area contributed by atoms with Crippen LogP contribution < -0.4 is 19.6 Å². The van der Waals surface area contributed by atoms with Gasteiger partial charge in [-0.1, -0.05) is 29.3 Å². The first-order valence-corrected chi connectivity index (χ1v) is 9.82. The molecule has 1 amide bonds. The van der Waals surface area contributed by atoms with Crippen molar-refractivity contribution < 1.29 is 19.0 Å². The minimum atomic E-state index is -0.461. The first kappa shape index (κ1) is 22.5. The van der Waals surface area contributed by atoms with Crippen molar-refractivity contribution in [2.24, 2.45) is 5.10 Å². The summed E-state index contributed by atoms with van der Waals surface area (Å²) in [6.07, 6.45) is 3.13. The number of halogens is 2. The number of hydrogen-bond donors (Lipinski definition) is 1. The number of nitrogens with one attached hydrogen (secondary N) is 1. The Hall–Kier alpha value is -3.23. The predicted octanol–water partition coefficient (Wildman–Crippen LogP) is 4.03. The Morgan fingerprint density at radius 1 is 1.10 bits per heavy atom. The summed E-state index contributed by atoms with van der Waals surface area (Å²) in [7, 11) is 4.55. The molecule has 0 saturated carbocycles. The van der Waals surface area contributed by atoms with Gasteiger partial charge in [0, 0.05) is 21.8 Å². The van der Waals surface area contributed by atoms with Crippen molar-refractivity contribution in [3.8, 4) is 17.2 Å². The van der Waals surface area contributed by atoms with Crippen molar-refractivity contribution in [1.29, 1.82) is 0 Å². The van der Waals surface area contributed by atoms with Crippen molar-refractivity contribution >= 4 is 35.3 Å². The lowest BCUT2D eigenvalue weighted by molar-refractivity contribution is 0.0949. The lowest BCUT2D eigenvalue weighted by Crippen LogP contribution is -2.18. The van der Waals surface area contributed by atoms with Crippen LogP contribution in [0.25, 0.3) is 0 Å². The van der Waals surface area contributed by atoms with Crippen LogP contribution >= 0.6 is 23.2 Å². The van der Waals surface area contributed by atoms with Gasteiger partial charge in [0.05, 0.1) is 34.1 Å². The van der Waals surface area contributed by atoms with Crippen LogP contribution in [0.5, 0.6) is 17.2 Å². The number of carbonyl (C=O) groups excluding carboxylic acids is 1. The van der Waals surface area contributed by atoms with E-state index in [2.05, 4.69) is 15.6 Å². The molecular weight excluding hydrogens is 443 g/mol. The van der Waals surface area contributed by atoms with E-state index in [0.717, 1.165) is 5.56 Å². The van der Waals surface area contributed by atoms with Gasteiger partial charge in [-0.3, -0.25) is 9.48 Å². The molecule has 10 heteroatoms. The van der Waals surface area contributed by atoms with Gasteiger partial charge in [0.2, 0.25) is 5.75 Å². The molecule has 0 spiro atoms. The molecule has 8 nitrogen and oxygen atoms in total. The van der Waals surface area contributed by atoms with Crippen molar-refractivity contribution in [3.05, 3.63) is 69.5 Å². The van der Waals surface area contributed by atoms with Crippen molar-refractivity contribution in [2.45, 2.75) is 6.54 Å². The van der Waals surface area contributed by atoms with Crippen LogP contribution in [0, 0.1) is 0 Å². The van der Waals surface area contributed by atoms with Gasteiger partial charge in [0.15, 0.2) is 17.2 Å². The van der Waals surface area contributed by atoms with Crippen molar-refractivity contribution in [3.63, 3.8) is 0 Å². The Balaban J connectivity index is 1.68. The molecule has 0 saturated heterocycles. The third-order valence-electron chi connectivity index (χ3n) is 4.33. The van der Waals surface area contributed by atoms with Gasteiger partial charge in [0.1, 0.15) is 0 Å². The third-order valence-corrected chi connectivity index (χ3v) is 4.91. The molecule has 0 bridgehead atoms. The first-order chi connectivity index (χ1) is 15.0. The Morgan fingerprint density at radius 2 is 1.87 bits per heavy atom. The highest BCUT2D eigenvalue weighted by Crippen LogP contribution is 2.38. The molecule has 162 valence electrons. The Kier molecular flexibility index (Phi) is 7.38. The fraction of sp³-hybridized carbons (Fsp3) is 0.190. The van der Waals surface area contributed by atoms with E-state index in [1.807, 2.05) is 6.07 Å². The number of aromatic nitrogens is 2. The molecular formula is C21H20Cl2N4O4. The van der Waals surface area contributed by atoms with Gasteiger partial charge in [-0.15, -0.1) is 0 Å². The Labute approximate surface area is 189 Å². The molecule has 0 fully saturated rings. The predicted molar refractivity (Wildman–Crippen MR) is 119 cm³/mol. The highest BCUT2D eigenvalue weighted by molar-refractivity contribution is 6.35. The van der Waals surface area contributed by atoms with Crippen LogP contribution in [-0.4, -0.2) is 43.2 Å². The fourth-order valence-electron chi connectivity index (χ4n) is 2.84. The van der Waals surface area contributed by atoms with Gasteiger partial charge in [0.25, 0.3) is 5.91 Å². The number of hydrogen-bond acceptors (Lipinski definition) is 6. The van der Waals surface area contributed by atoms with E-state index in [1.54, 1.807) is 41.2 Å². The molecule has 0 aliphatic carbocycles. The maximum atomic E-state index is 12.4. The SMILES string of the molecule is COc1ccc(/C=N/NC(=O)c2ccn(Cc3ccc(Cl)cc3Cl)n2)c(OC)c1OC. The monoisotopic (exact) mass is 462 g/mol. The molecule has 0 aliphatic rings. The number of ether oxygens (including phenoxy) is 3. The summed E-state index contributed by atoms with van der Waals surface area (Å²) in [5.41, 5.74) is 4.09. The largest absolute Gasteiger partial charge is 0.493 e. The normalized spacial score (nSPS) is 10.9. The van der Waals surface area contributed by atoms with Crippen molar-refractivity contribution in [1.82, 2.24) is 15.2 Å². The summed E-state index contributed by atoms with van der Waals surface area (Å²) in [5.74, 6) is 0.923. The van der Waals surface area contributed by atoms with E-state index in [0.29, 0.717) is 39.4 Å². The lowest BCUT2D eigenvalue weighted by atomic mass is 10.2. The number of nitrogens with zero attached hydrogens (tertiary/aromatic N) is 3. The second-order valence-corrected chi connectivity index (χ2v) is 7.10. The minimum Gasteiger partial charge on any atom is -0.493 e. The molecule has 0 atom stereocenters. The number of rotatable bonds is 8. The van der Waals surface area contributed by atoms with Crippen LogP contribution in [0.1, 0.15) is 21.6 Å². The van der Waals surface area contributed by atoms with E-state index >= 15 is 0 Å². The molecule has 0 radical (unpaired) electrons. The quantitative estimate of drug-likeness (QED) is 0.403. The maximum absolute atomic E-state index is 12.4. The van der Waals surface area contributed by atoms with Gasteiger partial charge < -0.3 is 14.2 Å². The summed E-state index contributed by atoms with van der Waals surface area (Å²) in [6.45, 7) is 0.398. The summed E-state index contributed by atoms with van der Waals surface area (Å²) >= 11 is 12.1. The molecule has 3 aromatic rings. The topological polar surface area (TPSA) is 87.0 Å². The standard InChI is InChI=1S/C21H20Cl2N4O4/c1-29-18-7-5-13(19(30-2)20(18)31-3)11-24-25-21(28)17-8-9-27(26-17)12-14-4-6-15(22)10-16(14)23/h4-11H,12H2,1-3H3,(H,25,28)/b24-11+. The van der Waals surface area contributed by atoms with Gasteiger partial charge >= 0.3 is 0 Å². The second kappa shape index (κ2) is 10.2. The zero-order valence-corrected chi connectivity index (χ0v) is 18.6. The molecule has 2 aromatic carbocycles. The summed E-state index contributed by atoms with van der Waals surface area (Å²) in [5, 5.41) is 9.33. The zero-order valence-electron chi connectivity index (χ0n) is 17.1. The smallest absolute Gasteiger partial charge is 0.291 e. The highest BCUT2D eigenvalue weighted by Gasteiger charge is 2.15. The third kappa shape index (κ3) is 5.28. The summed E-state index contributed by atoms with van der Waals surface area (Å²) < 4.78 is 17.6. The highest BCUT2D eigenvalue weighted by atomic mass is 35.5. The molecule has 3 rings (SSSR count). The van der Waals surface area contributed by atoms with Crippen molar-refractivity contribution in [2.75, 3.05) is 21.3 Å². The second-order valence-electron chi connectivity index (χ2n) is 6.26. The van der Waals surface area contributed by atoms with Crippen LogP contribution in [0.4, 0.5) is 0 Å². The summed E-state index contributed by atoms with van der Waals surface area (Å²) in [6, 6.07) is 10.3. The lowest BCUT2D eigenvalue weighted by Gasteiger charge is -2.13. The van der Waals surface area contributed by atoms with Crippen LogP contribution in [-0.2, 0) is 6.54 Å². The Morgan fingerprint density at radius 3 is 2.55 bits per heavy atom. The molecule has 1 N–H and O–H groups in total. The summed E-state index contributed by atoms with van der Waals surface area (Å²) in [4.78, 5) is 12.4. The van der Waals surface area contributed by atoms with E-state index < -0.39 is 5.91 Å². The number of benzene rings is 2. The zero-order chi connectivity index (χ0) is 22.4. The van der Waals surface area contributed by atoms with Gasteiger partial charge in [-0.25, -0.2) is 5.43 Å². The average Bonchev–Trinajstić information content (AvgIpc) is 3.23. The molecule has 1 aromatic heterocycles. The molecule has 1 heterocycles. The molecule has 31 heavy (non-hydrogen) atoms. The maximum Gasteiger partial charge on any atom is 0.291 e. The van der Waals surface area contributed by atoms with E-state index in [4.69, 9.17) is 37.4 Å². The van der Waals surface area contributed by atoms with E-state index in [-0.39, 0.29) is 5.69 Å².